The summed E-state index contributed by atoms with van der Waals surface area (Å²) in [6.45, 7) is 6.68. The minimum absolute atomic E-state index is 0.219. The Morgan fingerprint density at radius 3 is 2.29 bits per heavy atom. The van der Waals surface area contributed by atoms with Crippen LogP contribution in [0, 0.1) is 11.8 Å². The lowest BCUT2D eigenvalue weighted by atomic mass is 9.88. The van der Waals surface area contributed by atoms with Crippen LogP contribution in [-0.4, -0.2) is 28.6 Å². The van der Waals surface area contributed by atoms with Crippen LogP contribution in [-0.2, 0) is 14.3 Å². The number of hydrogen-bond acceptors (Lipinski definition) is 4. The van der Waals surface area contributed by atoms with Crippen molar-refractivity contribution < 1.29 is 19.4 Å². The predicted molar refractivity (Wildman–Crippen MR) is 63.3 cm³/mol. The molecule has 0 aliphatic heterocycles. The summed E-state index contributed by atoms with van der Waals surface area (Å²) in [5.41, 5.74) is -0.605. The molecule has 1 aliphatic rings. The summed E-state index contributed by atoms with van der Waals surface area (Å²) in [5.74, 6) is -1.78. The summed E-state index contributed by atoms with van der Waals surface area (Å²) in [6, 6.07) is 0. The van der Waals surface area contributed by atoms with E-state index in [-0.39, 0.29) is 11.7 Å². The monoisotopic (exact) mass is 240 g/mol. The molecule has 0 fully saturated rings. The molecule has 0 spiro atoms. The van der Waals surface area contributed by atoms with Crippen molar-refractivity contribution in [1.29, 1.82) is 0 Å². The number of esters is 1. The normalized spacial score (nSPS) is 25.7. The van der Waals surface area contributed by atoms with Crippen LogP contribution < -0.4 is 0 Å². The lowest BCUT2D eigenvalue weighted by Gasteiger charge is -2.25. The van der Waals surface area contributed by atoms with E-state index in [4.69, 9.17) is 4.74 Å². The second-order valence-electron chi connectivity index (χ2n) is 5.47. The van der Waals surface area contributed by atoms with E-state index >= 15 is 0 Å². The molecular formula is C13H20O4. The highest BCUT2D eigenvalue weighted by atomic mass is 16.6. The van der Waals surface area contributed by atoms with E-state index in [1.807, 2.05) is 0 Å². The molecule has 4 nitrogen and oxygen atoms in total. The van der Waals surface area contributed by atoms with Crippen molar-refractivity contribution in [2.75, 3.05) is 0 Å². The maximum atomic E-state index is 11.9. The van der Waals surface area contributed by atoms with Gasteiger partial charge in [-0.15, -0.1) is 0 Å². The molecule has 0 amide bonds. The van der Waals surface area contributed by atoms with Crippen molar-refractivity contribution in [3.05, 3.63) is 12.2 Å². The fourth-order valence-electron chi connectivity index (χ4n) is 1.96. The lowest BCUT2D eigenvalue weighted by molar-refractivity contribution is -0.163. The van der Waals surface area contributed by atoms with Gasteiger partial charge in [-0.2, -0.15) is 0 Å². The Balaban J connectivity index is 2.77. The van der Waals surface area contributed by atoms with Crippen molar-refractivity contribution in [2.45, 2.75) is 45.8 Å². The van der Waals surface area contributed by atoms with Crippen LogP contribution >= 0.6 is 0 Å². The Labute approximate surface area is 102 Å². The summed E-state index contributed by atoms with van der Waals surface area (Å²) in [6.07, 6.45) is 3.18. The Bertz CT molecular complexity index is 338. The first-order valence-corrected chi connectivity index (χ1v) is 5.80. The minimum Gasteiger partial charge on any atom is -0.459 e. The molecule has 1 rings (SSSR count). The van der Waals surface area contributed by atoms with Crippen LogP contribution in [0.2, 0.25) is 0 Å². The number of ketones is 1. The van der Waals surface area contributed by atoms with Gasteiger partial charge in [0.15, 0.2) is 0 Å². The van der Waals surface area contributed by atoms with Crippen LogP contribution in [0.3, 0.4) is 0 Å². The number of carbonyl (C=O) groups is 2. The quantitative estimate of drug-likeness (QED) is 0.461. The van der Waals surface area contributed by atoms with Gasteiger partial charge in [0.2, 0.25) is 0 Å². The zero-order valence-electron chi connectivity index (χ0n) is 10.8. The van der Waals surface area contributed by atoms with Gasteiger partial charge in [-0.25, -0.2) is 0 Å². The minimum atomic E-state index is -0.803. The van der Waals surface area contributed by atoms with E-state index in [2.05, 4.69) is 0 Å². The smallest absolute Gasteiger partial charge is 0.317 e. The number of aliphatic hydroxyl groups excluding tert-OH is 1. The third-order valence-corrected chi connectivity index (χ3v) is 2.62. The molecule has 0 aromatic carbocycles. The molecular weight excluding hydrogens is 220 g/mol. The molecule has 1 N–H and O–H groups in total. The van der Waals surface area contributed by atoms with E-state index in [9.17, 15) is 14.7 Å². The van der Waals surface area contributed by atoms with Crippen LogP contribution in [0.5, 0.6) is 0 Å². The maximum Gasteiger partial charge on any atom is 0.317 e. The number of Topliss-reactive ketones (excluding diaryl/α,β-unsaturated/α-hetero) is 1. The van der Waals surface area contributed by atoms with E-state index in [1.54, 1.807) is 32.9 Å². The van der Waals surface area contributed by atoms with Crippen molar-refractivity contribution in [3.8, 4) is 0 Å². The van der Waals surface area contributed by atoms with Gasteiger partial charge in [0.05, 0.1) is 6.10 Å². The zero-order valence-corrected chi connectivity index (χ0v) is 10.8. The number of carbonyl (C=O) groups excluding carboxylic acids is 2. The first-order valence-electron chi connectivity index (χ1n) is 5.80. The molecule has 0 heterocycles. The van der Waals surface area contributed by atoms with Crippen molar-refractivity contribution in [1.82, 2.24) is 0 Å². The first-order chi connectivity index (χ1) is 7.70. The SMILES string of the molecule is CC(=O)C(C(=O)OC(C)(C)C)C1C=CC(O)C1. The van der Waals surface area contributed by atoms with Gasteiger partial charge in [0, 0.05) is 0 Å². The summed E-state index contributed by atoms with van der Waals surface area (Å²) in [7, 11) is 0. The van der Waals surface area contributed by atoms with Crippen LogP contribution in [0.1, 0.15) is 34.1 Å². The fraction of sp³-hybridized carbons (Fsp3) is 0.692. The average molecular weight is 240 g/mol. The molecule has 0 saturated heterocycles. The highest BCUT2D eigenvalue weighted by molar-refractivity contribution is 5.98. The van der Waals surface area contributed by atoms with Gasteiger partial charge in [0.25, 0.3) is 0 Å². The van der Waals surface area contributed by atoms with Crippen molar-refractivity contribution in [2.24, 2.45) is 11.8 Å². The van der Waals surface area contributed by atoms with E-state index in [0.29, 0.717) is 6.42 Å². The third-order valence-electron chi connectivity index (χ3n) is 2.62. The van der Waals surface area contributed by atoms with E-state index in [0.717, 1.165) is 0 Å². The van der Waals surface area contributed by atoms with Crippen LogP contribution in [0.15, 0.2) is 12.2 Å². The van der Waals surface area contributed by atoms with Gasteiger partial charge in [-0.3, -0.25) is 9.59 Å². The molecule has 0 radical (unpaired) electrons. The summed E-state index contributed by atoms with van der Waals surface area (Å²) in [4.78, 5) is 23.5. The summed E-state index contributed by atoms with van der Waals surface area (Å²) >= 11 is 0. The molecule has 96 valence electrons. The average Bonchev–Trinajstić information content (AvgIpc) is 2.47. The fourth-order valence-corrected chi connectivity index (χ4v) is 1.96. The van der Waals surface area contributed by atoms with Crippen molar-refractivity contribution in [3.63, 3.8) is 0 Å². The van der Waals surface area contributed by atoms with Crippen LogP contribution in [0.25, 0.3) is 0 Å². The Kier molecular flexibility index (Phi) is 4.09. The number of allylic oxidation sites excluding steroid dienone is 1. The van der Waals surface area contributed by atoms with Gasteiger partial charge in [-0.1, -0.05) is 12.2 Å². The van der Waals surface area contributed by atoms with Crippen molar-refractivity contribution >= 4 is 11.8 Å². The molecule has 17 heavy (non-hydrogen) atoms. The Hall–Kier alpha value is -1.16. The molecule has 3 unspecified atom stereocenters. The molecule has 0 aromatic heterocycles. The number of aliphatic hydroxyl groups is 1. The Morgan fingerprint density at radius 1 is 1.35 bits per heavy atom. The number of rotatable bonds is 3. The molecule has 1 aliphatic carbocycles. The lowest BCUT2D eigenvalue weighted by Crippen LogP contribution is -2.35. The zero-order chi connectivity index (χ0) is 13.2. The highest BCUT2D eigenvalue weighted by Crippen LogP contribution is 2.28. The second-order valence-corrected chi connectivity index (χ2v) is 5.47. The van der Waals surface area contributed by atoms with Gasteiger partial charge >= 0.3 is 5.97 Å². The number of hydrogen-bond donors (Lipinski definition) is 1. The molecule has 3 atom stereocenters. The highest BCUT2D eigenvalue weighted by Gasteiger charge is 2.37. The van der Waals surface area contributed by atoms with Gasteiger partial charge in [-0.05, 0) is 40.0 Å². The van der Waals surface area contributed by atoms with E-state index in [1.165, 1.54) is 6.92 Å². The third kappa shape index (κ3) is 3.97. The predicted octanol–water partition coefficient (Wildman–Crippen LogP) is 1.47. The summed E-state index contributed by atoms with van der Waals surface area (Å²) < 4.78 is 5.23. The standard InChI is InChI=1S/C13H20O4/c1-8(14)11(9-5-6-10(15)7-9)12(16)17-13(2,3)4/h5-6,9-11,15H,7H2,1-4H3. The van der Waals surface area contributed by atoms with Gasteiger partial charge < -0.3 is 9.84 Å². The van der Waals surface area contributed by atoms with E-state index < -0.39 is 23.6 Å². The summed E-state index contributed by atoms with van der Waals surface area (Å²) in [5, 5.41) is 9.39. The topological polar surface area (TPSA) is 63.6 Å². The molecule has 4 heteroatoms. The first kappa shape index (κ1) is 13.9. The maximum absolute atomic E-state index is 11.9. The largest absolute Gasteiger partial charge is 0.459 e. The molecule has 0 bridgehead atoms. The Morgan fingerprint density at radius 2 is 1.94 bits per heavy atom. The molecule has 0 saturated carbocycles. The van der Waals surface area contributed by atoms with Crippen LogP contribution in [0.4, 0.5) is 0 Å². The molecule has 0 aromatic rings. The second kappa shape index (κ2) is 5.00. The van der Waals surface area contributed by atoms with Gasteiger partial charge in [0.1, 0.15) is 17.3 Å². The number of ether oxygens (including phenoxy) is 1.